The van der Waals surface area contributed by atoms with Crippen LogP contribution in [0.4, 0.5) is 0 Å². The van der Waals surface area contributed by atoms with Gasteiger partial charge in [0.05, 0.1) is 0 Å². The lowest BCUT2D eigenvalue weighted by Crippen LogP contribution is -2.09. The van der Waals surface area contributed by atoms with Gasteiger partial charge in [0, 0.05) is 29.9 Å². The summed E-state index contributed by atoms with van der Waals surface area (Å²) in [6.07, 6.45) is 14.9. The Kier molecular flexibility index (Phi) is 10.9. The fraction of sp³-hybridized carbons (Fsp3) is 0.452. The van der Waals surface area contributed by atoms with Gasteiger partial charge in [-0.05, 0) is 48.4 Å². The number of aromatic nitrogens is 2. The molecule has 0 saturated carbocycles. The Morgan fingerprint density at radius 2 is 1.43 bits per heavy atom. The number of carbonyl (C=O) groups is 1. The van der Waals surface area contributed by atoms with Crippen molar-refractivity contribution in [3.8, 4) is 28.3 Å². The molecule has 3 aromatic rings. The van der Waals surface area contributed by atoms with Gasteiger partial charge in [0.15, 0.2) is 5.82 Å². The Balaban J connectivity index is 1.51. The highest BCUT2D eigenvalue weighted by atomic mass is 16.5. The van der Waals surface area contributed by atoms with E-state index in [-0.39, 0.29) is 5.97 Å². The van der Waals surface area contributed by atoms with E-state index in [4.69, 9.17) is 4.74 Å². The van der Waals surface area contributed by atoms with Gasteiger partial charge >= 0.3 is 5.97 Å². The number of carbonyl (C=O) groups excluding carboxylic acids is 1. The second-order valence-electron chi connectivity index (χ2n) is 9.59. The van der Waals surface area contributed by atoms with Gasteiger partial charge < -0.3 is 4.74 Å². The molecule has 0 spiro atoms. The predicted molar refractivity (Wildman–Crippen MR) is 144 cm³/mol. The fourth-order valence-corrected chi connectivity index (χ4v) is 4.16. The molecular formula is C31H40N2O2. The molecule has 3 rings (SSSR count). The van der Waals surface area contributed by atoms with Crippen LogP contribution >= 0.6 is 0 Å². The van der Waals surface area contributed by atoms with Gasteiger partial charge in [-0.1, -0.05) is 95.7 Å². The summed E-state index contributed by atoms with van der Waals surface area (Å²) >= 11 is 0. The first kappa shape index (κ1) is 26.6. The van der Waals surface area contributed by atoms with Gasteiger partial charge in [-0.3, -0.25) is 4.79 Å². The monoisotopic (exact) mass is 472 g/mol. The van der Waals surface area contributed by atoms with E-state index in [9.17, 15) is 4.79 Å². The average molecular weight is 473 g/mol. The lowest BCUT2D eigenvalue weighted by Gasteiger charge is -2.10. The summed E-state index contributed by atoms with van der Waals surface area (Å²) in [4.78, 5) is 21.3. The van der Waals surface area contributed by atoms with Gasteiger partial charge in [0.2, 0.25) is 0 Å². The Hall–Kier alpha value is -3.01. The van der Waals surface area contributed by atoms with Crippen molar-refractivity contribution in [2.75, 3.05) is 0 Å². The van der Waals surface area contributed by atoms with Crippen molar-refractivity contribution >= 4 is 5.97 Å². The van der Waals surface area contributed by atoms with Crippen LogP contribution in [0.2, 0.25) is 0 Å². The minimum Gasteiger partial charge on any atom is -0.427 e. The van der Waals surface area contributed by atoms with Crippen molar-refractivity contribution in [2.45, 2.75) is 85.0 Å². The van der Waals surface area contributed by atoms with E-state index in [0.29, 0.717) is 18.1 Å². The second-order valence-corrected chi connectivity index (χ2v) is 9.59. The molecule has 2 aromatic carbocycles. The van der Waals surface area contributed by atoms with Gasteiger partial charge in [-0.25, -0.2) is 9.97 Å². The highest BCUT2D eigenvalue weighted by molar-refractivity contribution is 5.73. The number of rotatable bonds is 14. The predicted octanol–water partition coefficient (Wildman–Crippen LogP) is 8.45. The largest absolute Gasteiger partial charge is 0.427 e. The molecule has 0 aliphatic carbocycles. The summed E-state index contributed by atoms with van der Waals surface area (Å²) in [6, 6.07) is 16.1. The number of nitrogens with zero attached hydrogens (tertiary/aromatic N) is 2. The molecule has 1 heterocycles. The molecule has 0 N–H and O–H groups in total. The van der Waals surface area contributed by atoms with Crippen LogP contribution in [0.3, 0.4) is 0 Å². The van der Waals surface area contributed by atoms with E-state index in [0.717, 1.165) is 35.4 Å². The van der Waals surface area contributed by atoms with Gasteiger partial charge in [0.25, 0.3) is 0 Å². The molecule has 0 aliphatic heterocycles. The summed E-state index contributed by atoms with van der Waals surface area (Å²) in [5.74, 6) is 1.69. The molecule has 0 fully saturated rings. The number of esters is 1. The van der Waals surface area contributed by atoms with E-state index in [1.807, 2.05) is 36.7 Å². The van der Waals surface area contributed by atoms with Crippen LogP contribution in [0.1, 0.15) is 84.1 Å². The molecule has 0 saturated heterocycles. The van der Waals surface area contributed by atoms with Crippen molar-refractivity contribution in [2.24, 2.45) is 5.92 Å². The summed E-state index contributed by atoms with van der Waals surface area (Å²) in [5, 5.41) is 0. The molecule has 0 aliphatic rings. The number of ether oxygens (including phenoxy) is 1. The first-order valence-electron chi connectivity index (χ1n) is 13.3. The maximum absolute atomic E-state index is 12.2. The third-order valence-electron chi connectivity index (χ3n) is 6.49. The highest BCUT2D eigenvalue weighted by Crippen LogP contribution is 2.24. The molecule has 186 valence electrons. The second kappa shape index (κ2) is 14.4. The van der Waals surface area contributed by atoms with Crippen molar-refractivity contribution in [3.05, 3.63) is 66.5 Å². The van der Waals surface area contributed by atoms with Crippen LogP contribution in [-0.4, -0.2) is 15.9 Å². The molecule has 4 nitrogen and oxygen atoms in total. The van der Waals surface area contributed by atoms with Crippen LogP contribution < -0.4 is 4.74 Å². The van der Waals surface area contributed by atoms with Gasteiger partial charge in [-0.15, -0.1) is 0 Å². The standard InChI is InChI=1S/C31H40N2O2/c1-4-6-8-9-11-25-13-15-27(16-14-25)31-32-22-28(23-33-31)26-17-19-29(20-18-26)35-30(34)21-12-24(3)10-7-5-2/h13-20,22-24H,4-12,21H2,1-3H3. The molecule has 4 heteroatoms. The maximum Gasteiger partial charge on any atom is 0.311 e. The summed E-state index contributed by atoms with van der Waals surface area (Å²) in [5.41, 5.74) is 4.32. The molecule has 0 bridgehead atoms. The average Bonchev–Trinajstić information content (AvgIpc) is 2.90. The third-order valence-corrected chi connectivity index (χ3v) is 6.49. The van der Waals surface area contributed by atoms with E-state index in [2.05, 4.69) is 55.0 Å². The Morgan fingerprint density at radius 1 is 0.771 bits per heavy atom. The third kappa shape index (κ3) is 8.93. The number of aryl methyl sites for hydroxylation is 1. The SMILES string of the molecule is CCCCCCc1ccc(-c2ncc(-c3ccc(OC(=O)CCC(C)CCCC)cc3)cn2)cc1. The van der Waals surface area contributed by atoms with Crippen LogP contribution in [0.15, 0.2) is 60.9 Å². The first-order valence-corrected chi connectivity index (χ1v) is 13.3. The Labute approximate surface area is 211 Å². The zero-order chi connectivity index (χ0) is 24.9. The molecule has 1 unspecified atom stereocenters. The molecule has 1 atom stereocenters. The van der Waals surface area contributed by atoms with E-state index < -0.39 is 0 Å². The van der Waals surface area contributed by atoms with E-state index >= 15 is 0 Å². The summed E-state index contributed by atoms with van der Waals surface area (Å²) in [7, 11) is 0. The summed E-state index contributed by atoms with van der Waals surface area (Å²) < 4.78 is 5.51. The lowest BCUT2D eigenvalue weighted by molar-refractivity contribution is -0.134. The minimum absolute atomic E-state index is 0.166. The number of hydrogen-bond acceptors (Lipinski definition) is 4. The maximum atomic E-state index is 12.2. The lowest BCUT2D eigenvalue weighted by atomic mass is 9.99. The molecule has 0 amide bonds. The van der Waals surface area contributed by atoms with Crippen LogP contribution in [0.25, 0.3) is 22.5 Å². The Morgan fingerprint density at radius 3 is 2.09 bits per heavy atom. The van der Waals surface area contributed by atoms with Crippen molar-refractivity contribution in [1.82, 2.24) is 9.97 Å². The van der Waals surface area contributed by atoms with Crippen molar-refractivity contribution in [1.29, 1.82) is 0 Å². The van der Waals surface area contributed by atoms with Gasteiger partial charge in [-0.2, -0.15) is 0 Å². The zero-order valence-electron chi connectivity index (χ0n) is 21.6. The number of hydrogen-bond donors (Lipinski definition) is 0. The molecular weight excluding hydrogens is 432 g/mol. The topological polar surface area (TPSA) is 52.1 Å². The van der Waals surface area contributed by atoms with Crippen molar-refractivity contribution in [3.63, 3.8) is 0 Å². The number of benzene rings is 2. The quantitative estimate of drug-likeness (QED) is 0.134. The fourth-order valence-electron chi connectivity index (χ4n) is 4.16. The molecule has 35 heavy (non-hydrogen) atoms. The summed E-state index contributed by atoms with van der Waals surface area (Å²) in [6.45, 7) is 6.64. The van der Waals surface area contributed by atoms with Crippen LogP contribution in [0.5, 0.6) is 5.75 Å². The molecule has 0 radical (unpaired) electrons. The van der Waals surface area contributed by atoms with Crippen molar-refractivity contribution < 1.29 is 9.53 Å². The highest BCUT2D eigenvalue weighted by Gasteiger charge is 2.10. The van der Waals surface area contributed by atoms with E-state index in [1.165, 1.54) is 50.5 Å². The normalized spacial score (nSPS) is 11.9. The number of unbranched alkanes of at least 4 members (excludes halogenated alkanes) is 4. The van der Waals surface area contributed by atoms with Crippen LogP contribution in [-0.2, 0) is 11.2 Å². The smallest absolute Gasteiger partial charge is 0.311 e. The Bertz CT molecular complexity index is 1010. The molecule has 1 aromatic heterocycles. The van der Waals surface area contributed by atoms with E-state index in [1.54, 1.807) is 0 Å². The van der Waals surface area contributed by atoms with Gasteiger partial charge in [0.1, 0.15) is 5.75 Å². The zero-order valence-corrected chi connectivity index (χ0v) is 21.6. The first-order chi connectivity index (χ1) is 17.1. The van der Waals surface area contributed by atoms with Crippen LogP contribution in [0, 0.1) is 5.92 Å². The minimum atomic E-state index is -0.166.